The maximum Gasteiger partial charge on any atom is 1.00 e. The Morgan fingerprint density at radius 1 is 1.22 bits per heavy atom. The number of anilines is 1. The molecule has 0 saturated carbocycles. The third-order valence-electron chi connectivity index (χ3n) is 0.961. The largest absolute Gasteiger partial charge is 1.00 e. The van der Waals surface area contributed by atoms with Gasteiger partial charge in [-0.2, -0.15) is 0 Å². The first-order valence-electron chi connectivity index (χ1n) is 2.37. The van der Waals surface area contributed by atoms with Gasteiger partial charge in [-0.05, 0) is 6.07 Å². The molecule has 0 aliphatic carbocycles. The second kappa shape index (κ2) is 4.30. The summed E-state index contributed by atoms with van der Waals surface area (Å²) in [4.78, 5) is 0. The quantitative estimate of drug-likeness (QED) is 0.369. The number of benzene rings is 1. The van der Waals surface area contributed by atoms with Crippen molar-refractivity contribution in [1.82, 2.24) is 0 Å². The molecule has 0 saturated heterocycles. The van der Waals surface area contributed by atoms with E-state index >= 15 is 0 Å². The fourth-order valence-electron chi connectivity index (χ4n) is 0.497. The molecule has 0 amide bonds. The van der Waals surface area contributed by atoms with Gasteiger partial charge >= 0.3 is 51.4 Å². The Kier molecular flexibility index (Phi) is 4.52. The van der Waals surface area contributed by atoms with E-state index in [9.17, 15) is 0 Å². The summed E-state index contributed by atoms with van der Waals surface area (Å²) in [6.45, 7) is 0. The van der Waals surface area contributed by atoms with Crippen LogP contribution in [0.25, 0.3) is 5.73 Å². The number of para-hydroxylation sites is 1. The number of nitrogen functional groups attached to an aromatic ring is 1. The van der Waals surface area contributed by atoms with Gasteiger partial charge in [-0.25, -0.2) is 0 Å². The minimum atomic E-state index is 0. The van der Waals surface area contributed by atoms with E-state index in [0.29, 0.717) is 11.4 Å². The Bertz CT molecular complexity index is 167. The Labute approximate surface area is 97.0 Å². The van der Waals surface area contributed by atoms with Gasteiger partial charge in [0.25, 0.3) is 0 Å². The number of nitrogens with two attached hydrogens (primary N) is 1. The molecule has 0 bridgehead atoms. The van der Waals surface area contributed by atoms with Gasteiger partial charge in [-0.1, -0.05) is 18.2 Å². The Morgan fingerprint density at radius 3 is 2.11 bits per heavy atom. The van der Waals surface area contributed by atoms with Gasteiger partial charge in [-0.3, -0.25) is 0 Å². The molecule has 0 aliphatic heterocycles. The zero-order valence-corrected chi connectivity index (χ0v) is 8.51. The van der Waals surface area contributed by atoms with E-state index in [1.807, 2.05) is 6.07 Å². The number of hydrogen-bond acceptors (Lipinski definition) is 1. The summed E-state index contributed by atoms with van der Waals surface area (Å²) in [5.74, 6) is 0. The Hall–Kier alpha value is 0.456. The maximum absolute atomic E-state index is 7.09. The zero-order valence-electron chi connectivity index (χ0n) is 5.39. The minimum absolute atomic E-state index is 0. The minimum Gasteiger partial charge on any atom is -0.697 e. The number of hydrogen-bond donors (Lipinski definition) is 1. The summed E-state index contributed by atoms with van der Waals surface area (Å²) in [6, 6.07) is 6.98. The van der Waals surface area contributed by atoms with Crippen molar-refractivity contribution in [3.05, 3.63) is 30.0 Å². The van der Waals surface area contributed by atoms with Crippen LogP contribution in [0.3, 0.4) is 0 Å². The van der Waals surface area contributed by atoms with Crippen LogP contribution in [0.1, 0.15) is 0 Å². The third-order valence-corrected chi connectivity index (χ3v) is 0.961. The summed E-state index contributed by atoms with van der Waals surface area (Å²) in [6.07, 6.45) is 0. The van der Waals surface area contributed by atoms with Crippen LogP contribution in [0.15, 0.2) is 24.3 Å². The molecule has 1 aromatic carbocycles. The number of nitrogens with one attached hydrogen (secondary N) is 1. The van der Waals surface area contributed by atoms with Crippen molar-refractivity contribution >= 4 is 11.4 Å². The molecule has 0 radical (unpaired) electrons. The van der Waals surface area contributed by atoms with E-state index in [0.717, 1.165) is 0 Å². The number of rotatable bonds is 0. The Balaban J connectivity index is 0.000000640. The van der Waals surface area contributed by atoms with Crippen molar-refractivity contribution in [2.24, 2.45) is 0 Å². The SMILES string of the molecule is [K+].[NH-]c1ccccc1N. The average molecular weight is 146 g/mol. The van der Waals surface area contributed by atoms with Crippen molar-refractivity contribution in [3.63, 3.8) is 0 Å². The van der Waals surface area contributed by atoms with Gasteiger partial charge in [0.05, 0.1) is 0 Å². The van der Waals surface area contributed by atoms with Crippen LogP contribution in [0, 0.1) is 0 Å². The van der Waals surface area contributed by atoms with Crippen molar-refractivity contribution in [2.75, 3.05) is 5.73 Å². The Morgan fingerprint density at radius 2 is 1.78 bits per heavy atom. The van der Waals surface area contributed by atoms with Gasteiger partial charge < -0.3 is 11.5 Å². The van der Waals surface area contributed by atoms with Crippen LogP contribution in [0.4, 0.5) is 11.4 Å². The fraction of sp³-hybridized carbons (Fsp3) is 0. The molecule has 0 aromatic heterocycles. The molecule has 0 fully saturated rings. The van der Waals surface area contributed by atoms with Crippen LogP contribution < -0.4 is 57.1 Å². The van der Waals surface area contributed by atoms with Crippen LogP contribution in [0.2, 0.25) is 0 Å². The molecule has 0 spiro atoms. The molecule has 9 heavy (non-hydrogen) atoms. The van der Waals surface area contributed by atoms with Gasteiger partial charge in [0, 0.05) is 5.69 Å². The van der Waals surface area contributed by atoms with E-state index in [1.165, 1.54) is 0 Å². The summed E-state index contributed by atoms with van der Waals surface area (Å²) in [5.41, 5.74) is 13.4. The second-order valence-corrected chi connectivity index (χ2v) is 1.59. The van der Waals surface area contributed by atoms with Gasteiger partial charge in [0.2, 0.25) is 0 Å². The first kappa shape index (κ1) is 9.46. The molecular weight excluding hydrogens is 139 g/mol. The smallest absolute Gasteiger partial charge is 0.697 e. The van der Waals surface area contributed by atoms with Crippen molar-refractivity contribution in [3.8, 4) is 0 Å². The molecule has 42 valence electrons. The molecule has 0 unspecified atom stereocenters. The molecule has 2 nitrogen and oxygen atoms in total. The van der Waals surface area contributed by atoms with Gasteiger partial charge in [0.1, 0.15) is 0 Å². The predicted octanol–water partition coefficient (Wildman–Crippen LogP) is -1.04. The molecule has 3 N–H and O–H groups in total. The molecule has 1 aromatic rings. The van der Waals surface area contributed by atoms with E-state index in [-0.39, 0.29) is 51.4 Å². The van der Waals surface area contributed by atoms with Crippen LogP contribution in [0.5, 0.6) is 0 Å². The third kappa shape index (κ3) is 2.69. The predicted molar refractivity (Wildman–Crippen MR) is 34.8 cm³/mol. The van der Waals surface area contributed by atoms with Crippen molar-refractivity contribution in [1.29, 1.82) is 0 Å². The van der Waals surface area contributed by atoms with Crippen molar-refractivity contribution < 1.29 is 51.4 Å². The molecule has 3 heteroatoms. The van der Waals surface area contributed by atoms with E-state index < -0.39 is 0 Å². The normalized spacial score (nSPS) is 8.00. The molecule has 1 rings (SSSR count). The van der Waals surface area contributed by atoms with Gasteiger partial charge in [0.15, 0.2) is 0 Å². The summed E-state index contributed by atoms with van der Waals surface area (Å²) in [5, 5.41) is 0. The first-order valence-corrected chi connectivity index (χ1v) is 2.37. The zero-order chi connectivity index (χ0) is 5.98. The van der Waals surface area contributed by atoms with Crippen LogP contribution >= 0.6 is 0 Å². The van der Waals surface area contributed by atoms with Crippen LogP contribution in [-0.2, 0) is 0 Å². The van der Waals surface area contributed by atoms with Crippen LogP contribution in [-0.4, -0.2) is 0 Å². The second-order valence-electron chi connectivity index (χ2n) is 1.59. The standard InChI is InChI=1S/C6H7N2.K/c7-5-3-1-2-4-6(5)8;/h1-4,7H,8H2;/q-1;+1. The fourth-order valence-corrected chi connectivity index (χ4v) is 0.497. The molecular formula is C6H7KN2. The summed E-state index contributed by atoms with van der Waals surface area (Å²) < 4.78 is 0. The maximum atomic E-state index is 7.09. The first-order chi connectivity index (χ1) is 3.80. The molecule has 0 atom stereocenters. The average Bonchev–Trinajstić information content (AvgIpc) is 1.77. The molecule has 0 heterocycles. The van der Waals surface area contributed by atoms with Gasteiger partial charge in [-0.15, -0.1) is 5.69 Å². The monoisotopic (exact) mass is 146 g/mol. The van der Waals surface area contributed by atoms with E-state index in [1.54, 1.807) is 18.2 Å². The summed E-state index contributed by atoms with van der Waals surface area (Å²) >= 11 is 0. The van der Waals surface area contributed by atoms with Crippen molar-refractivity contribution in [2.45, 2.75) is 0 Å². The van der Waals surface area contributed by atoms with E-state index in [2.05, 4.69) is 0 Å². The topological polar surface area (TPSA) is 49.8 Å². The van der Waals surface area contributed by atoms with E-state index in [4.69, 9.17) is 11.5 Å². The summed E-state index contributed by atoms with van der Waals surface area (Å²) in [7, 11) is 0. The molecule has 0 aliphatic rings.